The van der Waals surface area contributed by atoms with Crippen LogP contribution in [0.3, 0.4) is 0 Å². The first-order chi connectivity index (χ1) is 9.30. The molecule has 0 aromatic rings. The molecule has 0 aromatic heterocycles. The van der Waals surface area contributed by atoms with Crippen molar-refractivity contribution in [2.45, 2.75) is 97.3 Å². The Morgan fingerprint density at radius 2 is 1.80 bits per heavy atom. The van der Waals surface area contributed by atoms with Crippen molar-refractivity contribution in [3.05, 3.63) is 0 Å². The fourth-order valence-electron chi connectivity index (χ4n) is 4.45. The van der Waals surface area contributed by atoms with Crippen molar-refractivity contribution in [1.29, 1.82) is 0 Å². The summed E-state index contributed by atoms with van der Waals surface area (Å²) in [7, 11) is 0. The third-order valence-corrected chi connectivity index (χ3v) is 5.11. The molecule has 2 rings (SSSR count). The number of ether oxygens (including phenoxy) is 1. The predicted molar refractivity (Wildman–Crippen MR) is 86.0 cm³/mol. The maximum Gasteiger partial charge on any atom is 0.0810 e. The molecule has 2 heteroatoms. The van der Waals surface area contributed by atoms with E-state index in [0.717, 1.165) is 12.5 Å². The lowest BCUT2D eigenvalue weighted by Crippen LogP contribution is -2.47. The number of nitrogens with one attached hydrogen (secondary N) is 1. The van der Waals surface area contributed by atoms with Crippen molar-refractivity contribution in [1.82, 2.24) is 5.32 Å². The van der Waals surface area contributed by atoms with Crippen LogP contribution < -0.4 is 5.32 Å². The monoisotopic (exact) mass is 281 g/mol. The number of hydrogen-bond donors (Lipinski definition) is 1. The summed E-state index contributed by atoms with van der Waals surface area (Å²) in [5.41, 5.74) is 0.579. The Hall–Kier alpha value is -0.0800. The van der Waals surface area contributed by atoms with Crippen molar-refractivity contribution in [3.8, 4) is 0 Å². The van der Waals surface area contributed by atoms with E-state index in [9.17, 15) is 0 Å². The fraction of sp³-hybridized carbons (Fsp3) is 1.00. The molecule has 0 heterocycles. The van der Waals surface area contributed by atoms with Gasteiger partial charge in [0.25, 0.3) is 0 Å². The zero-order valence-electron chi connectivity index (χ0n) is 14.3. The van der Waals surface area contributed by atoms with Gasteiger partial charge in [0.05, 0.1) is 11.7 Å². The number of rotatable bonds is 5. The molecule has 2 fully saturated rings. The van der Waals surface area contributed by atoms with Crippen LogP contribution in [0.25, 0.3) is 0 Å². The standard InChI is InChI=1S/C18H35NO/c1-14(2)19-13-18(8-6-7-9-18)20-16-10-15(3)11-17(4,5)12-16/h14-16,19H,6-13H2,1-5H3. The largest absolute Gasteiger partial charge is 0.370 e. The zero-order chi connectivity index (χ0) is 14.8. The summed E-state index contributed by atoms with van der Waals surface area (Å²) in [6, 6.07) is 0.554. The molecule has 118 valence electrons. The summed E-state index contributed by atoms with van der Waals surface area (Å²) in [5, 5.41) is 3.62. The molecule has 2 saturated carbocycles. The average molecular weight is 281 g/mol. The molecule has 0 spiro atoms. The van der Waals surface area contributed by atoms with Crippen molar-refractivity contribution in [3.63, 3.8) is 0 Å². The second kappa shape index (κ2) is 6.36. The van der Waals surface area contributed by atoms with Gasteiger partial charge in [-0.1, -0.05) is 47.5 Å². The fourth-order valence-corrected chi connectivity index (χ4v) is 4.45. The van der Waals surface area contributed by atoms with Gasteiger partial charge in [0.15, 0.2) is 0 Å². The van der Waals surface area contributed by atoms with Crippen molar-refractivity contribution >= 4 is 0 Å². The molecular formula is C18H35NO. The Balaban J connectivity index is 1.97. The summed E-state index contributed by atoms with van der Waals surface area (Å²) in [6.07, 6.45) is 9.49. The summed E-state index contributed by atoms with van der Waals surface area (Å²) in [6.45, 7) is 12.7. The van der Waals surface area contributed by atoms with Crippen molar-refractivity contribution in [2.75, 3.05) is 6.54 Å². The van der Waals surface area contributed by atoms with Crippen LogP contribution in [0.1, 0.15) is 79.6 Å². The van der Waals surface area contributed by atoms with Gasteiger partial charge >= 0.3 is 0 Å². The first kappa shape index (κ1) is 16.3. The van der Waals surface area contributed by atoms with Gasteiger partial charge in [0.1, 0.15) is 0 Å². The van der Waals surface area contributed by atoms with Gasteiger partial charge in [0, 0.05) is 12.6 Å². The molecule has 0 aliphatic heterocycles. The van der Waals surface area contributed by atoms with Crippen LogP contribution in [-0.2, 0) is 4.74 Å². The van der Waals surface area contributed by atoms with E-state index >= 15 is 0 Å². The summed E-state index contributed by atoms with van der Waals surface area (Å²) in [5.74, 6) is 0.806. The molecule has 2 unspecified atom stereocenters. The van der Waals surface area contributed by atoms with Crippen LogP contribution in [0.2, 0.25) is 0 Å². The molecule has 0 radical (unpaired) electrons. The van der Waals surface area contributed by atoms with E-state index in [2.05, 4.69) is 39.9 Å². The Bertz CT molecular complexity index is 305. The highest BCUT2D eigenvalue weighted by molar-refractivity contribution is 4.92. The highest BCUT2D eigenvalue weighted by Crippen LogP contribution is 2.43. The van der Waals surface area contributed by atoms with Crippen molar-refractivity contribution < 1.29 is 4.74 Å². The number of hydrogen-bond acceptors (Lipinski definition) is 2. The Morgan fingerprint density at radius 1 is 1.15 bits per heavy atom. The summed E-state index contributed by atoms with van der Waals surface area (Å²) < 4.78 is 6.73. The third kappa shape index (κ3) is 4.46. The van der Waals surface area contributed by atoms with E-state index in [1.54, 1.807) is 0 Å². The third-order valence-electron chi connectivity index (χ3n) is 5.11. The Morgan fingerprint density at radius 3 is 2.35 bits per heavy atom. The molecule has 0 amide bonds. The maximum absolute atomic E-state index is 6.73. The molecule has 0 aromatic carbocycles. The molecule has 0 bridgehead atoms. The molecule has 0 saturated heterocycles. The Kier molecular flexibility index (Phi) is 5.18. The molecule has 2 nitrogen and oxygen atoms in total. The SMILES string of the molecule is CC1CC(OC2(CNC(C)C)CCCC2)CC(C)(C)C1. The maximum atomic E-state index is 6.73. The normalized spacial score (nSPS) is 32.7. The van der Waals surface area contributed by atoms with Crippen LogP contribution in [-0.4, -0.2) is 24.3 Å². The molecule has 20 heavy (non-hydrogen) atoms. The average Bonchev–Trinajstić information content (AvgIpc) is 2.72. The van der Waals surface area contributed by atoms with Gasteiger partial charge < -0.3 is 10.1 Å². The molecule has 2 aliphatic carbocycles. The van der Waals surface area contributed by atoms with E-state index < -0.39 is 0 Å². The smallest absolute Gasteiger partial charge is 0.0810 e. The minimum absolute atomic E-state index is 0.127. The van der Waals surface area contributed by atoms with Gasteiger partial charge in [-0.25, -0.2) is 0 Å². The molecular weight excluding hydrogens is 246 g/mol. The zero-order valence-corrected chi connectivity index (χ0v) is 14.3. The topological polar surface area (TPSA) is 21.3 Å². The van der Waals surface area contributed by atoms with Crippen LogP contribution in [0.5, 0.6) is 0 Å². The summed E-state index contributed by atoms with van der Waals surface area (Å²) in [4.78, 5) is 0. The van der Waals surface area contributed by atoms with Crippen LogP contribution in [0.15, 0.2) is 0 Å². The highest BCUT2D eigenvalue weighted by atomic mass is 16.5. The quantitative estimate of drug-likeness (QED) is 0.799. The van der Waals surface area contributed by atoms with E-state index in [0.29, 0.717) is 17.6 Å². The summed E-state index contributed by atoms with van der Waals surface area (Å²) >= 11 is 0. The molecule has 2 aliphatic rings. The van der Waals surface area contributed by atoms with Crippen LogP contribution in [0, 0.1) is 11.3 Å². The lowest BCUT2D eigenvalue weighted by atomic mass is 9.71. The second-order valence-electron chi connectivity index (χ2n) is 8.58. The van der Waals surface area contributed by atoms with Crippen molar-refractivity contribution in [2.24, 2.45) is 11.3 Å². The molecule has 2 atom stereocenters. The van der Waals surface area contributed by atoms with E-state index in [4.69, 9.17) is 4.74 Å². The lowest BCUT2D eigenvalue weighted by Gasteiger charge is -2.43. The van der Waals surface area contributed by atoms with Gasteiger partial charge in [-0.3, -0.25) is 0 Å². The van der Waals surface area contributed by atoms with E-state index in [-0.39, 0.29) is 5.60 Å². The van der Waals surface area contributed by atoms with Crippen LogP contribution >= 0.6 is 0 Å². The van der Waals surface area contributed by atoms with Gasteiger partial charge in [0.2, 0.25) is 0 Å². The van der Waals surface area contributed by atoms with Gasteiger partial charge in [-0.2, -0.15) is 0 Å². The van der Waals surface area contributed by atoms with E-state index in [1.165, 1.54) is 44.9 Å². The minimum Gasteiger partial charge on any atom is -0.370 e. The minimum atomic E-state index is 0.127. The first-order valence-corrected chi connectivity index (χ1v) is 8.71. The molecule has 1 N–H and O–H groups in total. The van der Waals surface area contributed by atoms with Gasteiger partial charge in [-0.05, 0) is 43.4 Å². The first-order valence-electron chi connectivity index (χ1n) is 8.71. The van der Waals surface area contributed by atoms with E-state index in [1.807, 2.05) is 0 Å². The second-order valence-corrected chi connectivity index (χ2v) is 8.58. The highest BCUT2D eigenvalue weighted by Gasteiger charge is 2.40. The van der Waals surface area contributed by atoms with Crippen LogP contribution in [0.4, 0.5) is 0 Å². The Labute approximate surface area is 126 Å². The predicted octanol–water partition coefficient (Wildman–Crippen LogP) is 4.53. The lowest BCUT2D eigenvalue weighted by molar-refractivity contribution is -0.123. The van der Waals surface area contributed by atoms with Gasteiger partial charge in [-0.15, -0.1) is 0 Å².